The zero-order valence-corrected chi connectivity index (χ0v) is 21.5. The van der Waals surface area contributed by atoms with Gasteiger partial charge in [0.05, 0.1) is 29.7 Å². The van der Waals surface area contributed by atoms with Crippen LogP contribution in [0.5, 0.6) is 0 Å². The van der Waals surface area contributed by atoms with E-state index in [9.17, 15) is 8.42 Å². The summed E-state index contributed by atoms with van der Waals surface area (Å²) < 4.78 is 28.2. The van der Waals surface area contributed by atoms with Gasteiger partial charge < -0.3 is 0 Å². The van der Waals surface area contributed by atoms with Gasteiger partial charge in [0, 0.05) is 16.5 Å². The molecule has 0 atom stereocenters. The van der Waals surface area contributed by atoms with Crippen LogP contribution >= 0.6 is 0 Å². The second kappa shape index (κ2) is 11.5. The minimum Gasteiger partial charge on any atom is -0.265 e. The molecule has 35 heavy (non-hydrogen) atoms. The average molecular weight is 487 g/mol. The fraction of sp³-hybridized carbons (Fsp3) is 0.300. The Morgan fingerprint density at radius 2 is 1.40 bits per heavy atom. The number of para-hydroxylation sites is 1. The number of nitrogens with zero attached hydrogens (tertiary/aromatic N) is 2. The Kier molecular flexibility index (Phi) is 8.19. The van der Waals surface area contributed by atoms with Crippen LogP contribution in [0.2, 0.25) is 0 Å². The molecule has 0 aliphatic carbocycles. The van der Waals surface area contributed by atoms with Crippen LogP contribution in [0.1, 0.15) is 50.2 Å². The highest BCUT2D eigenvalue weighted by molar-refractivity contribution is 7.92. The van der Waals surface area contributed by atoms with Gasteiger partial charge in [0.1, 0.15) is 0 Å². The van der Waals surface area contributed by atoms with Crippen LogP contribution in [0.25, 0.3) is 22.2 Å². The first-order valence-corrected chi connectivity index (χ1v) is 14.3. The molecule has 0 saturated carbocycles. The number of aromatic nitrogens is 1. The molecule has 1 aromatic heterocycles. The first-order chi connectivity index (χ1) is 17.0. The summed E-state index contributed by atoms with van der Waals surface area (Å²) in [6, 6.07) is 27.8. The van der Waals surface area contributed by atoms with Gasteiger partial charge in [-0.2, -0.15) is 0 Å². The number of hydrogen-bond acceptors (Lipinski definition) is 3. The molecule has 4 nitrogen and oxygen atoms in total. The lowest BCUT2D eigenvalue weighted by Crippen LogP contribution is -2.31. The summed E-state index contributed by atoms with van der Waals surface area (Å²) >= 11 is 0. The molecule has 3 aromatic carbocycles. The van der Waals surface area contributed by atoms with Crippen LogP contribution < -0.4 is 4.31 Å². The van der Waals surface area contributed by atoms with E-state index in [2.05, 4.69) is 19.1 Å². The second-order valence-electron chi connectivity index (χ2n) is 9.09. The topological polar surface area (TPSA) is 50.3 Å². The van der Waals surface area contributed by atoms with E-state index in [1.165, 1.54) is 25.5 Å². The maximum Gasteiger partial charge on any atom is 0.232 e. The van der Waals surface area contributed by atoms with E-state index in [0.29, 0.717) is 0 Å². The Hall–Kier alpha value is -3.18. The minimum atomic E-state index is -3.56. The second-order valence-corrected chi connectivity index (χ2v) is 11.0. The molecular weight excluding hydrogens is 452 g/mol. The first kappa shape index (κ1) is 24.9. The van der Waals surface area contributed by atoms with Crippen LogP contribution in [0.15, 0.2) is 84.9 Å². The lowest BCUT2D eigenvalue weighted by Gasteiger charge is -2.28. The number of pyridine rings is 1. The fourth-order valence-electron chi connectivity index (χ4n) is 4.61. The molecule has 0 aliphatic rings. The van der Waals surface area contributed by atoms with Crippen molar-refractivity contribution in [3.63, 3.8) is 0 Å². The number of unbranched alkanes of at least 4 members (excludes halogenated alkanes) is 4. The van der Waals surface area contributed by atoms with Crippen LogP contribution in [0, 0.1) is 0 Å². The lowest BCUT2D eigenvalue weighted by molar-refractivity contribution is 0.596. The number of rotatable bonds is 11. The van der Waals surface area contributed by atoms with Gasteiger partial charge in [-0.1, -0.05) is 111 Å². The summed E-state index contributed by atoms with van der Waals surface area (Å²) in [6.45, 7) is 2.50. The third-order valence-electron chi connectivity index (χ3n) is 6.36. The Bertz CT molecular complexity index is 1350. The molecule has 0 bridgehead atoms. The molecule has 4 rings (SSSR count). The summed E-state index contributed by atoms with van der Waals surface area (Å²) in [5.74, 6) is 0. The first-order valence-electron chi connectivity index (χ1n) is 12.5. The lowest BCUT2D eigenvalue weighted by atomic mass is 9.95. The van der Waals surface area contributed by atoms with Crippen molar-refractivity contribution >= 4 is 26.6 Å². The predicted octanol–water partition coefficient (Wildman–Crippen LogP) is 7.38. The minimum absolute atomic E-state index is 0.282. The number of benzene rings is 3. The van der Waals surface area contributed by atoms with Gasteiger partial charge in [-0.3, -0.25) is 4.31 Å². The fourth-order valence-corrected chi connectivity index (χ4v) is 5.53. The molecule has 5 heteroatoms. The third kappa shape index (κ3) is 6.09. The molecule has 0 N–H and O–H groups in total. The largest absolute Gasteiger partial charge is 0.265 e. The van der Waals surface area contributed by atoms with Crippen LogP contribution in [0.3, 0.4) is 0 Å². The summed E-state index contributed by atoms with van der Waals surface area (Å²) in [4.78, 5) is 5.07. The molecule has 0 radical (unpaired) electrons. The zero-order chi connectivity index (χ0) is 24.7. The van der Waals surface area contributed by atoms with Crippen LogP contribution in [-0.2, 0) is 23.0 Å². The van der Waals surface area contributed by atoms with Crippen molar-refractivity contribution in [3.05, 3.63) is 96.1 Å². The van der Waals surface area contributed by atoms with E-state index >= 15 is 0 Å². The number of fused-ring (bicyclic) bond motifs is 1. The standard InChI is InChI=1S/C30H34N2O2S/c1-3-4-5-6-13-21-27-29(25-18-11-8-12-19-25)31-28-22-15-14-20-26(28)30(27)32(35(2,33)34)23-24-16-9-7-10-17-24/h7-12,14-20,22H,3-6,13,21,23H2,1-2H3. The van der Waals surface area contributed by atoms with Crippen molar-refractivity contribution < 1.29 is 8.42 Å². The number of hydrogen-bond donors (Lipinski definition) is 0. The highest BCUT2D eigenvalue weighted by atomic mass is 32.2. The van der Waals surface area contributed by atoms with E-state index in [0.717, 1.165) is 58.2 Å². The van der Waals surface area contributed by atoms with Crippen LogP contribution in [0.4, 0.5) is 5.69 Å². The normalized spacial score (nSPS) is 11.6. The van der Waals surface area contributed by atoms with Gasteiger partial charge in [0.2, 0.25) is 10.0 Å². The maximum atomic E-state index is 13.3. The highest BCUT2D eigenvalue weighted by Gasteiger charge is 2.26. The molecule has 0 aliphatic heterocycles. The molecule has 0 amide bonds. The smallest absolute Gasteiger partial charge is 0.232 e. The van der Waals surface area contributed by atoms with Gasteiger partial charge in [0.15, 0.2) is 0 Å². The van der Waals surface area contributed by atoms with Crippen molar-refractivity contribution in [2.24, 2.45) is 0 Å². The quantitative estimate of drug-likeness (QED) is 0.208. The van der Waals surface area contributed by atoms with Gasteiger partial charge in [-0.25, -0.2) is 13.4 Å². The van der Waals surface area contributed by atoms with Crippen molar-refractivity contribution in [1.29, 1.82) is 0 Å². The highest BCUT2D eigenvalue weighted by Crippen LogP contribution is 2.39. The molecule has 0 fully saturated rings. The Morgan fingerprint density at radius 3 is 2.09 bits per heavy atom. The number of sulfonamides is 1. The van der Waals surface area contributed by atoms with Gasteiger partial charge in [0.25, 0.3) is 0 Å². The Morgan fingerprint density at radius 1 is 0.771 bits per heavy atom. The molecule has 0 saturated heterocycles. The van der Waals surface area contributed by atoms with E-state index in [-0.39, 0.29) is 6.54 Å². The van der Waals surface area contributed by atoms with Crippen LogP contribution in [-0.4, -0.2) is 19.7 Å². The Balaban J connectivity index is 1.94. The zero-order valence-electron chi connectivity index (χ0n) is 20.7. The van der Waals surface area contributed by atoms with Crippen molar-refractivity contribution in [2.75, 3.05) is 10.6 Å². The van der Waals surface area contributed by atoms with Gasteiger partial charge >= 0.3 is 0 Å². The van der Waals surface area contributed by atoms with E-state index in [4.69, 9.17) is 4.98 Å². The molecule has 0 spiro atoms. The number of anilines is 1. The third-order valence-corrected chi connectivity index (χ3v) is 7.47. The van der Waals surface area contributed by atoms with Crippen molar-refractivity contribution in [1.82, 2.24) is 4.98 Å². The summed E-state index contributed by atoms with van der Waals surface area (Å²) in [5, 5.41) is 0.872. The molecule has 1 heterocycles. The van der Waals surface area contributed by atoms with Crippen molar-refractivity contribution in [3.8, 4) is 11.3 Å². The average Bonchev–Trinajstić information content (AvgIpc) is 2.87. The molecule has 182 valence electrons. The predicted molar refractivity (Wildman–Crippen MR) is 147 cm³/mol. The van der Waals surface area contributed by atoms with E-state index in [1.54, 1.807) is 4.31 Å². The van der Waals surface area contributed by atoms with Gasteiger partial charge in [-0.05, 0) is 24.5 Å². The summed E-state index contributed by atoms with van der Waals surface area (Å²) in [7, 11) is -3.56. The maximum absolute atomic E-state index is 13.3. The van der Waals surface area contributed by atoms with E-state index < -0.39 is 10.0 Å². The molecular formula is C30H34N2O2S. The Labute approximate surface area is 209 Å². The molecule has 0 unspecified atom stereocenters. The summed E-state index contributed by atoms with van der Waals surface area (Å²) in [5.41, 5.74) is 5.41. The van der Waals surface area contributed by atoms with E-state index in [1.807, 2.05) is 72.8 Å². The van der Waals surface area contributed by atoms with Gasteiger partial charge in [-0.15, -0.1) is 0 Å². The molecule has 4 aromatic rings. The summed E-state index contributed by atoms with van der Waals surface area (Å²) in [6.07, 6.45) is 7.80. The SMILES string of the molecule is CCCCCCCc1c(-c2ccccc2)nc2ccccc2c1N(Cc1ccccc1)S(C)(=O)=O. The van der Waals surface area contributed by atoms with Crippen molar-refractivity contribution in [2.45, 2.75) is 52.0 Å². The monoisotopic (exact) mass is 486 g/mol.